The second kappa shape index (κ2) is 5.01. The van der Waals surface area contributed by atoms with Crippen LogP contribution >= 0.6 is 12.2 Å². The second-order valence-electron chi connectivity index (χ2n) is 3.41. The Morgan fingerprint density at radius 3 is 2.67 bits per heavy atom. The monoisotopic (exact) mass is 266 g/mol. The quantitative estimate of drug-likeness (QED) is 0.833. The van der Waals surface area contributed by atoms with Gasteiger partial charge in [0.05, 0.1) is 11.8 Å². The van der Waals surface area contributed by atoms with Crippen molar-refractivity contribution in [2.75, 3.05) is 5.32 Å². The van der Waals surface area contributed by atoms with Gasteiger partial charge in [-0.1, -0.05) is 12.2 Å². The van der Waals surface area contributed by atoms with Crippen molar-refractivity contribution in [2.45, 2.75) is 0 Å². The maximum Gasteiger partial charge on any atom is 0.163 e. The third-order valence-electron chi connectivity index (χ3n) is 2.17. The summed E-state index contributed by atoms with van der Waals surface area (Å²) in [6, 6.07) is 4.97. The molecule has 1 heterocycles. The molecule has 0 amide bonds. The summed E-state index contributed by atoms with van der Waals surface area (Å²) >= 11 is 4.85. The summed E-state index contributed by atoms with van der Waals surface area (Å²) in [6.07, 6.45) is 1.44. The smallest absolute Gasteiger partial charge is 0.163 e. The molecule has 0 saturated carbocycles. The third kappa shape index (κ3) is 2.57. The van der Waals surface area contributed by atoms with Crippen LogP contribution in [0.2, 0.25) is 0 Å². The van der Waals surface area contributed by atoms with Gasteiger partial charge in [0, 0.05) is 11.8 Å². The van der Waals surface area contributed by atoms with E-state index in [0.717, 1.165) is 12.1 Å². The van der Waals surface area contributed by atoms with Gasteiger partial charge >= 0.3 is 0 Å². The van der Waals surface area contributed by atoms with Crippen LogP contribution in [-0.2, 0) is 0 Å². The highest BCUT2D eigenvalue weighted by Gasteiger charge is 2.08. The number of hydrogen-bond donors (Lipinski definition) is 2. The number of benzene rings is 1. The van der Waals surface area contributed by atoms with E-state index in [-0.39, 0.29) is 10.8 Å². The van der Waals surface area contributed by atoms with Crippen LogP contribution in [0.1, 0.15) is 5.56 Å². The van der Waals surface area contributed by atoms with Gasteiger partial charge in [0.15, 0.2) is 17.5 Å². The highest BCUT2D eigenvalue weighted by Crippen LogP contribution is 2.19. The number of nitrogens with two attached hydrogens (primary N) is 1. The van der Waals surface area contributed by atoms with Crippen LogP contribution in [0.5, 0.6) is 0 Å². The van der Waals surface area contributed by atoms with Crippen LogP contribution in [0.4, 0.5) is 20.3 Å². The second-order valence-corrected chi connectivity index (χ2v) is 3.85. The molecule has 0 aliphatic heterocycles. The first kappa shape index (κ1) is 12.3. The number of halogens is 2. The molecule has 0 atom stereocenters. The lowest BCUT2D eigenvalue weighted by molar-refractivity contribution is 0.509. The zero-order valence-corrected chi connectivity index (χ0v) is 9.84. The summed E-state index contributed by atoms with van der Waals surface area (Å²) in [5.74, 6) is -1.59. The van der Waals surface area contributed by atoms with E-state index < -0.39 is 11.6 Å². The Morgan fingerprint density at radius 1 is 1.22 bits per heavy atom. The molecule has 18 heavy (non-hydrogen) atoms. The molecule has 2 aromatic rings. The highest BCUT2D eigenvalue weighted by molar-refractivity contribution is 7.80. The fourth-order valence-corrected chi connectivity index (χ4v) is 1.50. The van der Waals surface area contributed by atoms with Crippen LogP contribution in [0.25, 0.3) is 0 Å². The molecule has 0 aliphatic rings. The molecule has 0 fully saturated rings. The molecule has 0 spiro atoms. The van der Waals surface area contributed by atoms with E-state index in [4.69, 9.17) is 18.0 Å². The van der Waals surface area contributed by atoms with E-state index in [1.807, 2.05) is 0 Å². The number of hydrogen-bond acceptors (Lipinski definition) is 4. The first-order valence-corrected chi connectivity index (χ1v) is 5.32. The summed E-state index contributed by atoms with van der Waals surface area (Å²) in [5, 5.41) is 10.2. The normalized spacial score (nSPS) is 10.1. The molecule has 1 aromatic carbocycles. The summed E-state index contributed by atoms with van der Waals surface area (Å²) in [7, 11) is 0. The molecule has 3 N–H and O–H groups in total. The minimum atomic E-state index is -0.958. The average molecular weight is 266 g/mol. The number of thiocarbonyl (C=S) groups is 1. The predicted molar refractivity (Wildman–Crippen MR) is 67.6 cm³/mol. The number of nitrogens with one attached hydrogen (secondary N) is 1. The maximum atomic E-state index is 13.0. The standard InChI is InChI=1S/C11H8F2N4S/c12-8-2-1-6(5-9(8)13)16-11-7(10(14)18)3-4-15-17-11/h1-5H,(H2,14,18)(H,16,17). The largest absolute Gasteiger partial charge is 0.389 e. The van der Waals surface area contributed by atoms with Crippen molar-refractivity contribution in [3.63, 3.8) is 0 Å². The minimum Gasteiger partial charge on any atom is -0.389 e. The van der Waals surface area contributed by atoms with Crippen molar-refractivity contribution in [2.24, 2.45) is 5.73 Å². The van der Waals surface area contributed by atoms with Gasteiger partial charge in [-0.2, -0.15) is 5.10 Å². The minimum absolute atomic E-state index is 0.134. The molecule has 1 aromatic heterocycles. The highest BCUT2D eigenvalue weighted by atomic mass is 32.1. The first-order chi connectivity index (χ1) is 8.58. The molecule has 0 bridgehead atoms. The van der Waals surface area contributed by atoms with E-state index >= 15 is 0 Å². The summed E-state index contributed by atoms with van der Waals surface area (Å²) < 4.78 is 25.8. The molecule has 92 valence electrons. The van der Waals surface area contributed by atoms with Crippen LogP contribution in [-0.4, -0.2) is 15.2 Å². The summed E-state index contributed by atoms with van der Waals surface area (Å²) in [4.78, 5) is 0.134. The molecule has 0 unspecified atom stereocenters. The number of nitrogens with zero attached hydrogens (tertiary/aromatic N) is 2. The number of aromatic nitrogens is 2. The zero-order chi connectivity index (χ0) is 13.1. The van der Waals surface area contributed by atoms with Gasteiger partial charge < -0.3 is 11.1 Å². The Labute approximate surface area is 107 Å². The summed E-state index contributed by atoms with van der Waals surface area (Å²) in [6.45, 7) is 0. The van der Waals surface area contributed by atoms with Crippen LogP contribution in [0.15, 0.2) is 30.5 Å². The van der Waals surface area contributed by atoms with Crippen molar-refractivity contribution in [1.29, 1.82) is 0 Å². The SMILES string of the molecule is NC(=S)c1ccnnc1Nc1ccc(F)c(F)c1. The van der Waals surface area contributed by atoms with E-state index in [9.17, 15) is 8.78 Å². The van der Waals surface area contributed by atoms with E-state index in [1.54, 1.807) is 6.07 Å². The van der Waals surface area contributed by atoms with E-state index in [2.05, 4.69) is 15.5 Å². The Hall–Kier alpha value is -2.15. The van der Waals surface area contributed by atoms with Crippen molar-refractivity contribution < 1.29 is 8.78 Å². The predicted octanol–water partition coefficient (Wildman–Crippen LogP) is 2.13. The Balaban J connectivity index is 2.34. The fourth-order valence-electron chi connectivity index (χ4n) is 1.33. The fraction of sp³-hybridized carbons (Fsp3) is 0. The van der Waals surface area contributed by atoms with Crippen molar-refractivity contribution >= 4 is 28.7 Å². The average Bonchev–Trinajstić information content (AvgIpc) is 2.34. The van der Waals surface area contributed by atoms with Gasteiger partial charge in [0.1, 0.15) is 4.99 Å². The molecule has 0 saturated heterocycles. The van der Waals surface area contributed by atoms with Crippen molar-refractivity contribution in [3.05, 3.63) is 47.7 Å². The molecule has 4 nitrogen and oxygen atoms in total. The molecule has 0 aliphatic carbocycles. The first-order valence-electron chi connectivity index (χ1n) is 4.91. The van der Waals surface area contributed by atoms with Crippen molar-refractivity contribution in [3.8, 4) is 0 Å². The van der Waals surface area contributed by atoms with Gasteiger partial charge in [-0.25, -0.2) is 8.78 Å². The summed E-state index contributed by atoms with van der Waals surface area (Å²) in [5.41, 5.74) is 6.31. The lowest BCUT2D eigenvalue weighted by Crippen LogP contribution is -2.13. The molecule has 0 radical (unpaired) electrons. The molecule has 7 heteroatoms. The maximum absolute atomic E-state index is 13.0. The van der Waals surface area contributed by atoms with E-state index in [0.29, 0.717) is 11.3 Å². The van der Waals surface area contributed by atoms with Gasteiger partial charge in [0.25, 0.3) is 0 Å². The van der Waals surface area contributed by atoms with Crippen molar-refractivity contribution in [1.82, 2.24) is 10.2 Å². The molecule has 2 rings (SSSR count). The van der Waals surface area contributed by atoms with Crippen LogP contribution in [0.3, 0.4) is 0 Å². The van der Waals surface area contributed by atoms with Crippen LogP contribution in [0, 0.1) is 11.6 Å². The Kier molecular flexibility index (Phi) is 3.42. The van der Waals surface area contributed by atoms with Gasteiger partial charge in [0.2, 0.25) is 0 Å². The Morgan fingerprint density at radius 2 is 2.00 bits per heavy atom. The number of rotatable bonds is 3. The Bertz CT molecular complexity index is 603. The van der Waals surface area contributed by atoms with Gasteiger partial charge in [-0.3, -0.25) is 0 Å². The number of anilines is 2. The van der Waals surface area contributed by atoms with Gasteiger partial charge in [-0.05, 0) is 18.2 Å². The lowest BCUT2D eigenvalue weighted by atomic mass is 10.2. The van der Waals surface area contributed by atoms with E-state index in [1.165, 1.54) is 12.3 Å². The molecular formula is C11H8F2N4S. The van der Waals surface area contributed by atoms with Gasteiger partial charge in [-0.15, -0.1) is 5.10 Å². The van der Waals surface area contributed by atoms with Crippen LogP contribution < -0.4 is 11.1 Å². The third-order valence-corrected chi connectivity index (χ3v) is 2.39. The topological polar surface area (TPSA) is 63.8 Å². The lowest BCUT2D eigenvalue weighted by Gasteiger charge is -2.08. The molecular weight excluding hydrogens is 258 g/mol. The zero-order valence-electron chi connectivity index (χ0n) is 9.02.